The van der Waals surface area contributed by atoms with Crippen LogP contribution >= 0.6 is 11.6 Å². The van der Waals surface area contributed by atoms with Crippen LogP contribution in [0.5, 0.6) is 5.75 Å². The third-order valence-corrected chi connectivity index (χ3v) is 5.47. The molecular formula is C22H24ClN5O2. The molecule has 1 aliphatic heterocycles. The van der Waals surface area contributed by atoms with Gasteiger partial charge in [0.25, 0.3) is 5.95 Å². The van der Waals surface area contributed by atoms with Crippen molar-refractivity contribution in [2.75, 3.05) is 17.7 Å². The molecule has 0 spiro atoms. The van der Waals surface area contributed by atoms with E-state index in [-0.39, 0.29) is 23.9 Å². The second-order valence-corrected chi connectivity index (χ2v) is 8.06. The Morgan fingerprint density at radius 3 is 2.47 bits per heavy atom. The van der Waals surface area contributed by atoms with Gasteiger partial charge in [-0.15, -0.1) is 5.10 Å². The van der Waals surface area contributed by atoms with E-state index in [1.807, 2.05) is 67.1 Å². The van der Waals surface area contributed by atoms with Crippen molar-refractivity contribution >= 4 is 29.4 Å². The Hall–Kier alpha value is -3.06. The molecule has 1 aromatic heterocycles. The number of amides is 1. The Morgan fingerprint density at radius 1 is 1.17 bits per heavy atom. The molecule has 7 nitrogen and oxygen atoms in total. The summed E-state index contributed by atoms with van der Waals surface area (Å²) in [6, 6.07) is 15.7. The summed E-state index contributed by atoms with van der Waals surface area (Å²) in [5, 5.41) is 11.5. The highest BCUT2D eigenvalue weighted by atomic mass is 35.5. The van der Waals surface area contributed by atoms with Crippen LogP contribution in [0, 0.1) is 5.92 Å². The normalized spacial score (nSPS) is 17.9. The fourth-order valence-electron chi connectivity index (χ4n) is 3.50. The molecule has 1 aliphatic rings. The van der Waals surface area contributed by atoms with E-state index in [1.165, 1.54) is 0 Å². The molecule has 1 amide bonds. The maximum absolute atomic E-state index is 12.1. The molecular weight excluding hydrogens is 402 g/mol. The molecule has 0 fully saturated rings. The van der Waals surface area contributed by atoms with Crippen LogP contribution in [0.3, 0.4) is 0 Å². The van der Waals surface area contributed by atoms with Crippen molar-refractivity contribution in [2.24, 2.45) is 5.92 Å². The van der Waals surface area contributed by atoms with Gasteiger partial charge in [-0.05, 0) is 41.8 Å². The number of halogens is 1. The molecule has 0 radical (unpaired) electrons. The van der Waals surface area contributed by atoms with Crippen LogP contribution in [0.4, 0.5) is 11.9 Å². The molecule has 0 bridgehead atoms. The van der Waals surface area contributed by atoms with Crippen molar-refractivity contribution in [1.82, 2.24) is 14.8 Å². The SMILES string of the molecule is COc1ccc([C@H]2C[C@H](c3ccc(Cl)cc3)n3nc(NC(=O)C(C)C)nc3N2)cc1. The molecule has 2 N–H and O–H groups in total. The van der Waals surface area contributed by atoms with E-state index in [1.54, 1.807) is 7.11 Å². The van der Waals surface area contributed by atoms with Crippen molar-refractivity contribution in [3.05, 3.63) is 64.7 Å². The van der Waals surface area contributed by atoms with E-state index in [4.69, 9.17) is 16.3 Å². The quantitative estimate of drug-likeness (QED) is 0.620. The van der Waals surface area contributed by atoms with Crippen LogP contribution in [0.1, 0.15) is 43.5 Å². The summed E-state index contributed by atoms with van der Waals surface area (Å²) < 4.78 is 7.11. The molecule has 0 saturated carbocycles. The van der Waals surface area contributed by atoms with Crippen molar-refractivity contribution < 1.29 is 9.53 Å². The fraction of sp³-hybridized carbons (Fsp3) is 0.318. The van der Waals surface area contributed by atoms with E-state index in [9.17, 15) is 4.79 Å². The van der Waals surface area contributed by atoms with E-state index in [2.05, 4.69) is 20.7 Å². The van der Waals surface area contributed by atoms with E-state index in [0.29, 0.717) is 16.9 Å². The van der Waals surface area contributed by atoms with Gasteiger partial charge in [0.2, 0.25) is 11.9 Å². The minimum atomic E-state index is -0.155. The van der Waals surface area contributed by atoms with Crippen molar-refractivity contribution in [3.63, 3.8) is 0 Å². The Kier molecular flexibility index (Phi) is 5.63. The lowest BCUT2D eigenvalue weighted by Crippen LogP contribution is -2.28. The van der Waals surface area contributed by atoms with E-state index < -0.39 is 0 Å². The lowest BCUT2D eigenvalue weighted by Gasteiger charge is -2.31. The summed E-state index contributed by atoms with van der Waals surface area (Å²) >= 11 is 6.09. The highest BCUT2D eigenvalue weighted by Crippen LogP contribution is 2.38. The number of hydrogen-bond acceptors (Lipinski definition) is 5. The van der Waals surface area contributed by atoms with Gasteiger partial charge in [0.05, 0.1) is 19.2 Å². The van der Waals surface area contributed by atoms with Gasteiger partial charge in [0, 0.05) is 10.9 Å². The molecule has 156 valence electrons. The number of benzene rings is 2. The Labute approximate surface area is 180 Å². The number of aromatic nitrogens is 3. The average Bonchev–Trinajstić information content (AvgIpc) is 3.16. The lowest BCUT2D eigenvalue weighted by atomic mass is 9.93. The molecule has 2 heterocycles. The summed E-state index contributed by atoms with van der Waals surface area (Å²) in [5.74, 6) is 1.45. The van der Waals surface area contributed by atoms with Crippen molar-refractivity contribution in [3.8, 4) is 5.75 Å². The summed E-state index contributed by atoms with van der Waals surface area (Å²) in [6.07, 6.45) is 0.766. The topological polar surface area (TPSA) is 81.1 Å². The first-order valence-electron chi connectivity index (χ1n) is 9.88. The van der Waals surface area contributed by atoms with Gasteiger partial charge in [-0.25, -0.2) is 4.68 Å². The number of carbonyl (C=O) groups excluding carboxylic acids is 1. The molecule has 0 aliphatic carbocycles. The Bertz CT molecular complexity index is 1030. The third kappa shape index (κ3) is 4.11. The average molecular weight is 426 g/mol. The Balaban J connectivity index is 1.69. The molecule has 30 heavy (non-hydrogen) atoms. The second-order valence-electron chi connectivity index (χ2n) is 7.62. The zero-order valence-corrected chi connectivity index (χ0v) is 17.8. The van der Waals surface area contributed by atoms with Gasteiger partial charge < -0.3 is 10.1 Å². The predicted molar refractivity (Wildman–Crippen MR) is 117 cm³/mol. The number of anilines is 2. The number of hydrogen-bond donors (Lipinski definition) is 2. The predicted octanol–water partition coefficient (Wildman–Crippen LogP) is 4.68. The van der Waals surface area contributed by atoms with Crippen LogP contribution in [0.15, 0.2) is 48.5 Å². The Morgan fingerprint density at radius 2 is 1.83 bits per heavy atom. The highest BCUT2D eigenvalue weighted by molar-refractivity contribution is 6.30. The maximum Gasteiger partial charge on any atom is 0.250 e. The molecule has 4 rings (SSSR count). The molecule has 8 heteroatoms. The third-order valence-electron chi connectivity index (χ3n) is 5.22. The van der Waals surface area contributed by atoms with Gasteiger partial charge in [-0.3, -0.25) is 10.1 Å². The lowest BCUT2D eigenvalue weighted by molar-refractivity contribution is -0.118. The largest absolute Gasteiger partial charge is 0.497 e. The number of ether oxygens (including phenoxy) is 1. The van der Waals surface area contributed by atoms with E-state index >= 15 is 0 Å². The first-order valence-corrected chi connectivity index (χ1v) is 10.3. The summed E-state index contributed by atoms with van der Waals surface area (Å²) in [6.45, 7) is 3.67. The van der Waals surface area contributed by atoms with Crippen molar-refractivity contribution in [2.45, 2.75) is 32.4 Å². The van der Waals surface area contributed by atoms with Crippen molar-refractivity contribution in [1.29, 1.82) is 0 Å². The minimum absolute atomic E-state index is 0.0296. The number of methoxy groups -OCH3 is 1. The van der Waals surface area contributed by atoms with Gasteiger partial charge in [0.15, 0.2) is 0 Å². The number of carbonyl (C=O) groups is 1. The van der Waals surface area contributed by atoms with Gasteiger partial charge in [-0.1, -0.05) is 49.7 Å². The van der Waals surface area contributed by atoms with Crippen LogP contribution in [-0.2, 0) is 4.79 Å². The molecule has 0 unspecified atom stereocenters. The standard InChI is InChI=1S/C22H24ClN5O2/c1-13(2)20(29)25-21-26-22-24-18(14-6-10-17(30-3)11-7-14)12-19(28(22)27-21)15-4-8-16(23)9-5-15/h4-11,13,18-19H,12H2,1-3H3,(H2,24,25,26,27,29)/t18-,19-/m1/s1. The summed E-state index contributed by atoms with van der Waals surface area (Å²) in [4.78, 5) is 16.6. The molecule has 3 aromatic rings. The number of fused-ring (bicyclic) bond motifs is 1. The summed E-state index contributed by atoms with van der Waals surface area (Å²) in [5.41, 5.74) is 2.20. The first kappa shape index (κ1) is 20.2. The van der Waals surface area contributed by atoms with Crippen LogP contribution < -0.4 is 15.4 Å². The molecule has 0 saturated heterocycles. The molecule has 2 aromatic carbocycles. The van der Waals surface area contributed by atoms with Crippen LogP contribution in [-0.4, -0.2) is 27.8 Å². The van der Waals surface area contributed by atoms with Gasteiger partial charge in [0.1, 0.15) is 5.75 Å². The smallest absolute Gasteiger partial charge is 0.250 e. The zero-order valence-electron chi connectivity index (χ0n) is 17.1. The monoisotopic (exact) mass is 425 g/mol. The zero-order chi connectivity index (χ0) is 21.3. The maximum atomic E-state index is 12.1. The highest BCUT2D eigenvalue weighted by Gasteiger charge is 2.31. The second kappa shape index (κ2) is 8.36. The minimum Gasteiger partial charge on any atom is -0.497 e. The fourth-order valence-corrected chi connectivity index (χ4v) is 3.63. The summed E-state index contributed by atoms with van der Waals surface area (Å²) in [7, 11) is 1.65. The number of nitrogens with zero attached hydrogens (tertiary/aromatic N) is 3. The van der Waals surface area contributed by atoms with E-state index in [0.717, 1.165) is 23.3 Å². The first-order chi connectivity index (χ1) is 14.4. The van der Waals surface area contributed by atoms with Crippen LogP contribution in [0.25, 0.3) is 0 Å². The van der Waals surface area contributed by atoms with Gasteiger partial charge >= 0.3 is 0 Å². The van der Waals surface area contributed by atoms with Gasteiger partial charge in [-0.2, -0.15) is 4.98 Å². The number of nitrogens with one attached hydrogen (secondary N) is 2. The number of rotatable bonds is 5. The van der Waals surface area contributed by atoms with Crippen LogP contribution in [0.2, 0.25) is 5.02 Å². The molecule has 2 atom stereocenters.